The quantitative estimate of drug-likeness (QED) is 0.791. The fourth-order valence-corrected chi connectivity index (χ4v) is 2.35. The summed E-state index contributed by atoms with van der Waals surface area (Å²) in [6, 6.07) is 9.50. The number of benzene rings is 1. The van der Waals surface area contributed by atoms with Gasteiger partial charge in [0.05, 0.1) is 0 Å². The Kier molecular flexibility index (Phi) is 4.65. The maximum Gasteiger partial charge on any atom is 0.0366 e. The van der Waals surface area contributed by atoms with Crippen molar-refractivity contribution in [3.05, 3.63) is 29.8 Å². The molecule has 0 spiro atoms. The molecule has 1 aliphatic carbocycles. The molecule has 1 aromatic carbocycles. The number of hydrogen-bond donors (Lipinski definition) is 1. The summed E-state index contributed by atoms with van der Waals surface area (Å²) in [5.41, 5.74) is 2.75. The van der Waals surface area contributed by atoms with Gasteiger partial charge in [-0.1, -0.05) is 19.1 Å². The zero-order valence-corrected chi connectivity index (χ0v) is 11.9. The molecule has 1 fully saturated rings. The average molecular weight is 246 g/mol. The van der Waals surface area contributed by atoms with Gasteiger partial charge in [-0.15, -0.1) is 0 Å². The van der Waals surface area contributed by atoms with E-state index < -0.39 is 0 Å². The van der Waals surface area contributed by atoms with Crippen molar-refractivity contribution in [3.63, 3.8) is 0 Å². The summed E-state index contributed by atoms with van der Waals surface area (Å²) >= 11 is 0. The summed E-state index contributed by atoms with van der Waals surface area (Å²) in [5, 5.41) is 3.28. The Labute approximate surface area is 111 Å². The minimum atomic E-state index is 0.433. The van der Waals surface area contributed by atoms with Crippen molar-refractivity contribution in [2.45, 2.75) is 39.2 Å². The molecule has 0 amide bonds. The predicted molar refractivity (Wildman–Crippen MR) is 79.1 cm³/mol. The van der Waals surface area contributed by atoms with Gasteiger partial charge in [-0.3, -0.25) is 0 Å². The van der Waals surface area contributed by atoms with Crippen LogP contribution in [0.1, 0.15) is 44.7 Å². The topological polar surface area (TPSA) is 15.3 Å². The van der Waals surface area contributed by atoms with Crippen molar-refractivity contribution in [3.8, 4) is 0 Å². The molecule has 0 aliphatic heterocycles. The summed E-state index contributed by atoms with van der Waals surface area (Å²) in [7, 11) is 2.01. The largest absolute Gasteiger partial charge is 0.371 e. The standard InChI is InChI=1S/C16H26N2/c1-4-11-18(12-14-5-6-14)16-9-7-15(8-10-16)13(2)17-3/h7-10,13-14,17H,4-6,11-12H2,1-3H3. The zero-order valence-electron chi connectivity index (χ0n) is 11.9. The highest BCUT2D eigenvalue weighted by molar-refractivity contribution is 5.48. The lowest BCUT2D eigenvalue weighted by atomic mass is 10.1. The second-order valence-electron chi connectivity index (χ2n) is 5.49. The van der Waals surface area contributed by atoms with Crippen molar-refractivity contribution < 1.29 is 0 Å². The van der Waals surface area contributed by atoms with Crippen LogP contribution in [0.5, 0.6) is 0 Å². The van der Waals surface area contributed by atoms with Gasteiger partial charge in [0, 0.05) is 24.8 Å². The lowest BCUT2D eigenvalue weighted by molar-refractivity contribution is 0.651. The molecular formula is C16H26N2. The Morgan fingerprint density at radius 3 is 2.44 bits per heavy atom. The van der Waals surface area contributed by atoms with E-state index in [0.29, 0.717) is 6.04 Å². The molecule has 1 saturated carbocycles. The molecule has 0 bridgehead atoms. The highest BCUT2D eigenvalue weighted by Gasteiger charge is 2.24. The minimum Gasteiger partial charge on any atom is -0.371 e. The Morgan fingerprint density at radius 1 is 1.28 bits per heavy atom. The van der Waals surface area contributed by atoms with E-state index in [1.807, 2.05) is 7.05 Å². The predicted octanol–water partition coefficient (Wildman–Crippen LogP) is 3.59. The van der Waals surface area contributed by atoms with E-state index in [2.05, 4.69) is 48.3 Å². The number of hydrogen-bond acceptors (Lipinski definition) is 2. The van der Waals surface area contributed by atoms with Gasteiger partial charge in [0.1, 0.15) is 0 Å². The number of nitrogens with zero attached hydrogens (tertiary/aromatic N) is 1. The molecule has 0 aromatic heterocycles. The molecule has 1 unspecified atom stereocenters. The van der Waals surface area contributed by atoms with E-state index in [9.17, 15) is 0 Å². The van der Waals surface area contributed by atoms with Gasteiger partial charge in [-0.05, 0) is 56.8 Å². The number of nitrogens with one attached hydrogen (secondary N) is 1. The normalized spacial score (nSPS) is 16.6. The highest BCUT2D eigenvalue weighted by atomic mass is 15.1. The summed E-state index contributed by atoms with van der Waals surface area (Å²) in [5.74, 6) is 0.951. The Balaban J connectivity index is 2.04. The molecule has 1 atom stereocenters. The lowest BCUT2D eigenvalue weighted by Gasteiger charge is -2.25. The fourth-order valence-electron chi connectivity index (χ4n) is 2.35. The molecule has 0 saturated heterocycles. The SMILES string of the molecule is CCCN(CC1CC1)c1ccc(C(C)NC)cc1. The van der Waals surface area contributed by atoms with Crippen LogP contribution in [0.25, 0.3) is 0 Å². The molecule has 100 valence electrons. The molecule has 2 heteroatoms. The molecular weight excluding hydrogens is 220 g/mol. The van der Waals surface area contributed by atoms with E-state index in [-0.39, 0.29) is 0 Å². The molecule has 0 radical (unpaired) electrons. The van der Waals surface area contributed by atoms with Crippen LogP contribution >= 0.6 is 0 Å². The molecule has 1 aromatic rings. The van der Waals surface area contributed by atoms with Crippen LogP contribution in [0.2, 0.25) is 0 Å². The molecule has 18 heavy (non-hydrogen) atoms. The first-order valence-electron chi connectivity index (χ1n) is 7.26. The Morgan fingerprint density at radius 2 is 1.94 bits per heavy atom. The average Bonchev–Trinajstić information content (AvgIpc) is 3.21. The van der Waals surface area contributed by atoms with E-state index in [1.54, 1.807) is 0 Å². The second kappa shape index (κ2) is 6.24. The monoisotopic (exact) mass is 246 g/mol. The van der Waals surface area contributed by atoms with Crippen LogP contribution in [0.4, 0.5) is 5.69 Å². The van der Waals surface area contributed by atoms with Gasteiger partial charge >= 0.3 is 0 Å². The third-order valence-electron chi connectivity index (χ3n) is 3.86. The molecule has 2 rings (SSSR count). The van der Waals surface area contributed by atoms with E-state index >= 15 is 0 Å². The summed E-state index contributed by atoms with van der Waals surface area (Å²) in [4.78, 5) is 2.55. The first-order valence-corrected chi connectivity index (χ1v) is 7.26. The summed E-state index contributed by atoms with van der Waals surface area (Å²) < 4.78 is 0. The van der Waals surface area contributed by atoms with Crippen molar-refractivity contribution in [1.82, 2.24) is 5.32 Å². The number of rotatable bonds is 7. The van der Waals surface area contributed by atoms with E-state index in [4.69, 9.17) is 0 Å². The van der Waals surface area contributed by atoms with Crippen LogP contribution in [0.15, 0.2) is 24.3 Å². The summed E-state index contributed by atoms with van der Waals surface area (Å²) in [6.45, 7) is 6.88. The maximum absolute atomic E-state index is 3.28. The van der Waals surface area contributed by atoms with Crippen molar-refractivity contribution in [2.75, 3.05) is 25.0 Å². The van der Waals surface area contributed by atoms with Gasteiger partial charge in [0.15, 0.2) is 0 Å². The van der Waals surface area contributed by atoms with Crippen molar-refractivity contribution in [1.29, 1.82) is 0 Å². The molecule has 1 aliphatic rings. The fraction of sp³-hybridized carbons (Fsp3) is 0.625. The first-order chi connectivity index (χ1) is 8.74. The second-order valence-corrected chi connectivity index (χ2v) is 5.49. The van der Waals surface area contributed by atoms with Crippen LogP contribution < -0.4 is 10.2 Å². The Hall–Kier alpha value is -1.02. The zero-order chi connectivity index (χ0) is 13.0. The molecule has 0 heterocycles. The molecule has 1 N–H and O–H groups in total. The van der Waals surface area contributed by atoms with Crippen LogP contribution in [-0.4, -0.2) is 20.1 Å². The van der Waals surface area contributed by atoms with Gasteiger partial charge in [0.2, 0.25) is 0 Å². The highest BCUT2D eigenvalue weighted by Crippen LogP contribution is 2.31. The van der Waals surface area contributed by atoms with Gasteiger partial charge in [-0.25, -0.2) is 0 Å². The van der Waals surface area contributed by atoms with Crippen LogP contribution in [0.3, 0.4) is 0 Å². The van der Waals surface area contributed by atoms with E-state index in [0.717, 1.165) is 5.92 Å². The van der Waals surface area contributed by atoms with Gasteiger partial charge in [0.25, 0.3) is 0 Å². The minimum absolute atomic E-state index is 0.433. The van der Waals surface area contributed by atoms with Crippen molar-refractivity contribution >= 4 is 5.69 Å². The smallest absolute Gasteiger partial charge is 0.0366 e. The molecule has 2 nitrogen and oxygen atoms in total. The van der Waals surface area contributed by atoms with Gasteiger partial charge in [-0.2, -0.15) is 0 Å². The maximum atomic E-state index is 3.28. The van der Waals surface area contributed by atoms with Gasteiger partial charge < -0.3 is 10.2 Å². The third-order valence-corrected chi connectivity index (χ3v) is 3.86. The first kappa shape index (κ1) is 13.4. The lowest BCUT2D eigenvalue weighted by Crippen LogP contribution is -2.26. The van der Waals surface area contributed by atoms with Crippen molar-refractivity contribution in [2.24, 2.45) is 5.92 Å². The summed E-state index contributed by atoms with van der Waals surface area (Å²) in [6.07, 6.45) is 4.07. The Bertz CT molecular complexity index is 354. The van der Waals surface area contributed by atoms with Crippen LogP contribution in [0, 0.1) is 5.92 Å². The van der Waals surface area contributed by atoms with Crippen LogP contribution in [-0.2, 0) is 0 Å². The number of anilines is 1. The third kappa shape index (κ3) is 3.49. The van der Waals surface area contributed by atoms with E-state index in [1.165, 1.54) is 43.6 Å².